The van der Waals surface area contributed by atoms with Gasteiger partial charge in [-0.1, -0.05) is 104 Å². The molecule has 0 N–H and O–H groups in total. The Morgan fingerprint density at radius 3 is 1.54 bits per heavy atom. The van der Waals surface area contributed by atoms with Gasteiger partial charge in [0, 0.05) is 13.5 Å². The third-order valence-electron chi connectivity index (χ3n) is 5.30. The molecule has 0 unspecified atom stereocenters. The minimum absolute atomic E-state index is 0.0234. The molecule has 0 saturated heterocycles. The minimum Gasteiger partial charge on any atom is -0.464 e. The number of carbonyl (C=O) groups excluding carboxylic acids is 2. The number of esters is 1. The molecule has 0 aromatic carbocycles. The lowest BCUT2D eigenvalue weighted by molar-refractivity contribution is -0.148. The standard InChI is InChI=1S/C24H47NO3/c1-4-6-8-9-10-11-12-13-14-15-16-17-18-19-21-28-24(27)22-25(3)23(26)20-7-5-2/h4-22H2,1-3H3. The second kappa shape index (κ2) is 20.7. The molecule has 0 saturated carbocycles. The molecular weight excluding hydrogens is 350 g/mol. The smallest absolute Gasteiger partial charge is 0.325 e. The first kappa shape index (κ1) is 26.9. The fourth-order valence-corrected chi connectivity index (χ4v) is 3.33. The van der Waals surface area contributed by atoms with Crippen molar-refractivity contribution in [3.05, 3.63) is 0 Å². The van der Waals surface area contributed by atoms with Gasteiger partial charge in [0.2, 0.25) is 5.91 Å². The Kier molecular flexibility index (Phi) is 19.9. The van der Waals surface area contributed by atoms with E-state index in [4.69, 9.17) is 4.74 Å². The van der Waals surface area contributed by atoms with Crippen LogP contribution in [0.25, 0.3) is 0 Å². The summed E-state index contributed by atoms with van der Waals surface area (Å²) in [6.45, 7) is 4.87. The van der Waals surface area contributed by atoms with Crippen LogP contribution in [0.4, 0.5) is 0 Å². The van der Waals surface area contributed by atoms with Gasteiger partial charge in [0.25, 0.3) is 0 Å². The number of nitrogens with zero attached hydrogens (tertiary/aromatic N) is 1. The average Bonchev–Trinajstić information content (AvgIpc) is 2.68. The van der Waals surface area contributed by atoms with E-state index in [1.54, 1.807) is 7.05 Å². The number of rotatable bonds is 20. The molecule has 0 heterocycles. The predicted octanol–water partition coefficient (Wildman–Crippen LogP) is 6.66. The van der Waals surface area contributed by atoms with Crippen molar-refractivity contribution in [3.63, 3.8) is 0 Å². The van der Waals surface area contributed by atoms with E-state index in [0.717, 1.165) is 25.7 Å². The molecule has 0 bridgehead atoms. The fourth-order valence-electron chi connectivity index (χ4n) is 3.33. The highest BCUT2D eigenvalue weighted by atomic mass is 16.5. The molecule has 1 amide bonds. The summed E-state index contributed by atoms with van der Waals surface area (Å²) >= 11 is 0. The SMILES string of the molecule is CCCCCCCCCCCCCCCCOC(=O)CN(C)C(=O)CCCC. The van der Waals surface area contributed by atoms with Gasteiger partial charge in [-0.15, -0.1) is 0 Å². The zero-order valence-electron chi connectivity index (χ0n) is 19.1. The van der Waals surface area contributed by atoms with Crippen LogP contribution in [0, 0.1) is 0 Å². The van der Waals surface area contributed by atoms with Crippen molar-refractivity contribution in [2.75, 3.05) is 20.2 Å². The topological polar surface area (TPSA) is 46.6 Å². The second-order valence-corrected chi connectivity index (χ2v) is 8.17. The number of ether oxygens (including phenoxy) is 1. The molecular formula is C24H47NO3. The maximum absolute atomic E-state index is 11.8. The number of amides is 1. The van der Waals surface area contributed by atoms with Gasteiger partial charge in [0.05, 0.1) is 6.61 Å². The first-order valence-electron chi connectivity index (χ1n) is 12.0. The highest BCUT2D eigenvalue weighted by molar-refractivity contribution is 5.81. The van der Waals surface area contributed by atoms with E-state index in [2.05, 4.69) is 13.8 Å². The molecule has 0 aromatic rings. The highest BCUT2D eigenvalue weighted by Gasteiger charge is 2.12. The molecule has 0 fully saturated rings. The molecule has 4 heteroatoms. The van der Waals surface area contributed by atoms with Gasteiger partial charge < -0.3 is 9.64 Å². The van der Waals surface area contributed by atoms with Gasteiger partial charge >= 0.3 is 5.97 Å². The van der Waals surface area contributed by atoms with Crippen molar-refractivity contribution in [2.24, 2.45) is 0 Å². The normalized spacial score (nSPS) is 10.8. The molecule has 0 aliphatic rings. The Bertz CT molecular complexity index is 371. The van der Waals surface area contributed by atoms with E-state index >= 15 is 0 Å². The Labute approximate surface area is 174 Å². The maximum Gasteiger partial charge on any atom is 0.325 e. The van der Waals surface area contributed by atoms with E-state index in [1.165, 1.54) is 81.9 Å². The van der Waals surface area contributed by atoms with Crippen LogP contribution in [0.5, 0.6) is 0 Å². The van der Waals surface area contributed by atoms with Gasteiger partial charge in [-0.3, -0.25) is 9.59 Å². The Balaban J connectivity index is 3.32. The Hall–Kier alpha value is -1.06. The van der Waals surface area contributed by atoms with Crippen molar-refractivity contribution in [2.45, 2.75) is 123 Å². The molecule has 0 aromatic heterocycles. The van der Waals surface area contributed by atoms with Crippen LogP contribution in [0.3, 0.4) is 0 Å². The molecule has 0 aliphatic heterocycles. The van der Waals surface area contributed by atoms with E-state index < -0.39 is 0 Å². The highest BCUT2D eigenvalue weighted by Crippen LogP contribution is 2.13. The Morgan fingerprint density at radius 2 is 1.07 bits per heavy atom. The first-order chi connectivity index (χ1) is 13.6. The predicted molar refractivity (Wildman–Crippen MR) is 118 cm³/mol. The summed E-state index contributed by atoms with van der Waals surface area (Å²) in [5, 5.41) is 0. The molecule has 28 heavy (non-hydrogen) atoms. The molecule has 0 rings (SSSR count). The molecule has 0 spiro atoms. The van der Waals surface area contributed by atoms with Crippen LogP contribution < -0.4 is 0 Å². The molecule has 0 radical (unpaired) electrons. The number of hydrogen-bond donors (Lipinski definition) is 0. The number of unbranched alkanes of at least 4 members (excludes halogenated alkanes) is 14. The van der Waals surface area contributed by atoms with Gasteiger partial charge in [-0.25, -0.2) is 0 Å². The van der Waals surface area contributed by atoms with Gasteiger partial charge in [-0.2, -0.15) is 0 Å². The van der Waals surface area contributed by atoms with E-state index in [1.807, 2.05) is 0 Å². The zero-order chi connectivity index (χ0) is 20.9. The fraction of sp³-hybridized carbons (Fsp3) is 0.917. The monoisotopic (exact) mass is 397 g/mol. The van der Waals surface area contributed by atoms with Gasteiger partial charge in [-0.05, 0) is 12.8 Å². The largest absolute Gasteiger partial charge is 0.464 e. The molecule has 0 atom stereocenters. The third-order valence-corrected chi connectivity index (χ3v) is 5.30. The van der Waals surface area contributed by atoms with Crippen LogP contribution in [0.2, 0.25) is 0 Å². The number of likely N-dealkylation sites (N-methyl/N-ethyl adjacent to an activating group) is 1. The van der Waals surface area contributed by atoms with Crippen molar-refractivity contribution >= 4 is 11.9 Å². The molecule has 4 nitrogen and oxygen atoms in total. The van der Waals surface area contributed by atoms with E-state index in [-0.39, 0.29) is 18.4 Å². The van der Waals surface area contributed by atoms with Crippen molar-refractivity contribution in [1.82, 2.24) is 4.90 Å². The summed E-state index contributed by atoms with van der Waals surface area (Å²) in [5.41, 5.74) is 0. The summed E-state index contributed by atoms with van der Waals surface area (Å²) in [6, 6.07) is 0. The summed E-state index contributed by atoms with van der Waals surface area (Å²) in [7, 11) is 1.67. The van der Waals surface area contributed by atoms with E-state index in [0.29, 0.717) is 13.0 Å². The van der Waals surface area contributed by atoms with Crippen LogP contribution in [0.1, 0.15) is 123 Å². The van der Waals surface area contributed by atoms with Crippen molar-refractivity contribution < 1.29 is 14.3 Å². The summed E-state index contributed by atoms with van der Waals surface area (Å²) < 4.78 is 5.24. The van der Waals surface area contributed by atoms with Crippen LogP contribution in [-0.4, -0.2) is 37.0 Å². The van der Waals surface area contributed by atoms with Crippen LogP contribution in [0.15, 0.2) is 0 Å². The quantitative estimate of drug-likeness (QED) is 0.170. The van der Waals surface area contributed by atoms with Crippen LogP contribution in [-0.2, 0) is 14.3 Å². The summed E-state index contributed by atoms with van der Waals surface area (Å²) in [6.07, 6.45) is 20.8. The zero-order valence-corrected chi connectivity index (χ0v) is 19.1. The van der Waals surface area contributed by atoms with Gasteiger partial charge in [0.1, 0.15) is 6.54 Å². The number of hydrogen-bond acceptors (Lipinski definition) is 3. The first-order valence-corrected chi connectivity index (χ1v) is 12.0. The Morgan fingerprint density at radius 1 is 0.643 bits per heavy atom. The minimum atomic E-state index is -0.290. The summed E-state index contributed by atoms with van der Waals surface area (Å²) in [4.78, 5) is 25.0. The average molecular weight is 398 g/mol. The molecule has 166 valence electrons. The summed E-state index contributed by atoms with van der Waals surface area (Å²) in [5.74, 6) is -0.266. The molecule has 0 aliphatic carbocycles. The third kappa shape index (κ3) is 18.3. The van der Waals surface area contributed by atoms with Crippen LogP contribution >= 0.6 is 0 Å². The van der Waals surface area contributed by atoms with Crippen molar-refractivity contribution in [3.8, 4) is 0 Å². The lowest BCUT2D eigenvalue weighted by atomic mass is 10.0. The number of carbonyl (C=O) groups is 2. The van der Waals surface area contributed by atoms with Gasteiger partial charge in [0.15, 0.2) is 0 Å². The van der Waals surface area contributed by atoms with Crippen molar-refractivity contribution in [1.29, 1.82) is 0 Å². The maximum atomic E-state index is 11.8. The lowest BCUT2D eigenvalue weighted by Crippen LogP contribution is -2.32. The van der Waals surface area contributed by atoms with E-state index in [9.17, 15) is 9.59 Å². The lowest BCUT2D eigenvalue weighted by Gasteiger charge is -2.16. The second-order valence-electron chi connectivity index (χ2n) is 8.17.